The summed E-state index contributed by atoms with van der Waals surface area (Å²) < 4.78 is 31.7. The summed E-state index contributed by atoms with van der Waals surface area (Å²) in [5.41, 5.74) is 0.430. The topological polar surface area (TPSA) is 89.5 Å². The minimum Gasteiger partial charge on any atom is -0.457 e. The van der Waals surface area contributed by atoms with Gasteiger partial charge in [0.2, 0.25) is 10.0 Å². The number of carbonyl (C=O) groups excluding carboxylic acids is 2. The zero-order valence-corrected chi connectivity index (χ0v) is 17.9. The predicted octanol–water partition coefficient (Wildman–Crippen LogP) is 3.81. The zero-order valence-electron chi connectivity index (χ0n) is 14.8. The number of thioether (sulfide) groups is 1. The van der Waals surface area contributed by atoms with Crippen molar-refractivity contribution in [3.8, 4) is 0 Å². The van der Waals surface area contributed by atoms with E-state index in [-0.39, 0.29) is 33.7 Å². The molecule has 28 heavy (non-hydrogen) atoms. The number of Topliss-reactive ketones (excluding diaryl/α,β-unsaturated/α-hetero) is 1. The van der Waals surface area contributed by atoms with Gasteiger partial charge in [-0.1, -0.05) is 41.4 Å². The van der Waals surface area contributed by atoms with E-state index in [9.17, 15) is 18.0 Å². The number of carbonyl (C=O) groups is 2. The van der Waals surface area contributed by atoms with Crippen molar-refractivity contribution in [3.63, 3.8) is 0 Å². The number of esters is 1. The van der Waals surface area contributed by atoms with Crippen molar-refractivity contribution in [1.29, 1.82) is 0 Å². The van der Waals surface area contributed by atoms with Crippen molar-refractivity contribution >= 4 is 56.7 Å². The molecule has 10 heteroatoms. The molecule has 2 aromatic rings. The first-order valence-corrected chi connectivity index (χ1v) is 11.5. The van der Waals surface area contributed by atoms with Gasteiger partial charge in [-0.15, -0.1) is 11.8 Å². The number of hydrogen-bond acceptors (Lipinski definition) is 6. The highest BCUT2D eigenvalue weighted by molar-refractivity contribution is 7.98. The van der Waals surface area contributed by atoms with E-state index < -0.39 is 22.6 Å². The van der Waals surface area contributed by atoms with Gasteiger partial charge in [-0.2, -0.15) is 0 Å². The first kappa shape index (κ1) is 22.7. The smallest absolute Gasteiger partial charge is 0.307 e. The Morgan fingerprint density at radius 2 is 1.68 bits per heavy atom. The van der Waals surface area contributed by atoms with Crippen LogP contribution in [-0.2, 0) is 19.6 Å². The number of ether oxygens (including phenoxy) is 1. The molecule has 0 fully saturated rings. The molecule has 1 N–H and O–H groups in total. The van der Waals surface area contributed by atoms with Crippen LogP contribution in [0.4, 0.5) is 0 Å². The molecular weight excluding hydrogens is 445 g/mol. The van der Waals surface area contributed by atoms with Crippen LogP contribution >= 0.6 is 35.0 Å². The first-order chi connectivity index (χ1) is 13.2. The molecule has 0 spiro atoms. The molecule has 0 saturated heterocycles. The van der Waals surface area contributed by atoms with E-state index in [1.165, 1.54) is 18.2 Å². The zero-order chi connectivity index (χ0) is 20.7. The van der Waals surface area contributed by atoms with Crippen molar-refractivity contribution in [3.05, 3.63) is 58.1 Å². The molecule has 0 unspecified atom stereocenters. The first-order valence-electron chi connectivity index (χ1n) is 8.01. The van der Waals surface area contributed by atoms with Crippen LogP contribution in [-0.4, -0.2) is 39.6 Å². The van der Waals surface area contributed by atoms with Gasteiger partial charge in [-0.3, -0.25) is 9.59 Å². The highest BCUT2D eigenvalue weighted by atomic mass is 35.5. The Morgan fingerprint density at radius 3 is 2.25 bits per heavy atom. The van der Waals surface area contributed by atoms with Gasteiger partial charge in [0, 0.05) is 17.0 Å². The van der Waals surface area contributed by atoms with Gasteiger partial charge >= 0.3 is 5.97 Å². The standard InChI is InChI=1S/C18H17Cl2NO5S2/c1-27-13-7-5-12(6-8-13)16(22)11-26-17(23)9-10-21-28(24,25)18-14(19)3-2-4-15(18)20/h2-8,21H,9-11H2,1H3. The van der Waals surface area contributed by atoms with Crippen molar-refractivity contribution in [2.75, 3.05) is 19.4 Å². The molecule has 2 rings (SSSR count). The Labute approximate surface area is 177 Å². The molecule has 0 bridgehead atoms. The number of rotatable bonds is 9. The maximum atomic E-state index is 12.3. The Morgan fingerprint density at radius 1 is 1.07 bits per heavy atom. The van der Waals surface area contributed by atoms with Crippen LogP contribution in [0.3, 0.4) is 0 Å². The van der Waals surface area contributed by atoms with Crippen molar-refractivity contribution in [2.45, 2.75) is 16.2 Å². The average Bonchev–Trinajstić information content (AvgIpc) is 2.65. The largest absolute Gasteiger partial charge is 0.457 e. The van der Waals surface area contributed by atoms with Gasteiger partial charge in [-0.25, -0.2) is 13.1 Å². The Balaban J connectivity index is 1.83. The molecule has 0 aromatic heterocycles. The lowest BCUT2D eigenvalue weighted by Gasteiger charge is -2.10. The highest BCUT2D eigenvalue weighted by Gasteiger charge is 2.21. The molecular formula is C18H17Cl2NO5S2. The second-order valence-corrected chi connectivity index (χ2v) is 8.91. The predicted molar refractivity (Wildman–Crippen MR) is 110 cm³/mol. The van der Waals surface area contributed by atoms with Crippen LogP contribution in [0.15, 0.2) is 52.3 Å². The number of benzene rings is 2. The van der Waals surface area contributed by atoms with Crippen molar-refractivity contribution < 1.29 is 22.7 Å². The normalized spacial score (nSPS) is 11.2. The fraction of sp³-hybridized carbons (Fsp3) is 0.222. The molecule has 2 aromatic carbocycles. The second kappa shape index (κ2) is 10.3. The number of halogens is 2. The summed E-state index contributed by atoms with van der Waals surface area (Å²) in [6, 6.07) is 11.2. The van der Waals surface area contributed by atoms with Crippen LogP contribution < -0.4 is 4.72 Å². The van der Waals surface area contributed by atoms with E-state index in [2.05, 4.69) is 4.72 Å². The number of sulfonamides is 1. The third-order valence-corrected chi connectivity index (χ3v) is 6.74. The molecule has 0 saturated carbocycles. The van der Waals surface area contributed by atoms with E-state index in [0.29, 0.717) is 5.56 Å². The third-order valence-electron chi connectivity index (χ3n) is 3.59. The van der Waals surface area contributed by atoms with Crippen molar-refractivity contribution in [2.24, 2.45) is 0 Å². The molecule has 0 heterocycles. The van der Waals surface area contributed by atoms with Gasteiger partial charge in [0.1, 0.15) is 4.90 Å². The fourth-order valence-electron chi connectivity index (χ4n) is 2.18. The second-order valence-electron chi connectivity index (χ2n) is 5.51. The number of hydrogen-bond donors (Lipinski definition) is 1. The molecule has 150 valence electrons. The minimum atomic E-state index is -3.99. The Kier molecular flexibility index (Phi) is 8.33. The third kappa shape index (κ3) is 6.22. The maximum Gasteiger partial charge on any atom is 0.307 e. The Hall–Kier alpha value is -1.58. The number of nitrogens with one attached hydrogen (secondary N) is 1. The molecule has 6 nitrogen and oxygen atoms in total. The minimum absolute atomic E-state index is 0.0272. The van der Waals surface area contributed by atoms with E-state index >= 15 is 0 Å². The number of ketones is 1. The summed E-state index contributed by atoms with van der Waals surface area (Å²) in [6.45, 7) is -0.639. The van der Waals surface area contributed by atoms with Gasteiger partial charge in [0.15, 0.2) is 12.4 Å². The summed E-state index contributed by atoms with van der Waals surface area (Å²) in [6.07, 6.45) is 1.67. The van der Waals surface area contributed by atoms with Crippen molar-refractivity contribution in [1.82, 2.24) is 4.72 Å². The lowest BCUT2D eigenvalue weighted by molar-refractivity contribution is -0.142. The van der Waals surface area contributed by atoms with E-state index in [1.807, 2.05) is 6.26 Å². The van der Waals surface area contributed by atoms with Crippen LogP contribution in [0.25, 0.3) is 0 Å². The SMILES string of the molecule is CSc1ccc(C(=O)COC(=O)CCNS(=O)(=O)c2c(Cl)cccc2Cl)cc1. The van der Waals surface area contributed by atoms with Gasteiger partial charge in [-0.05, 0) is 30.5 Å². The molecule has 0 aliphatic carbocycles. The Bertz CT molecular complexity index is 942. The summed E-state index contributed by atoms with van der Waals surface area (Å²) in [7, 11) is -3.99. The highest BCUT2D eigenvalue weighted by Crippen LogP contribution is 2.28. The molecule has 0 atom stereocenters. The molecule has 0 aliphatic rings. The summed E-state index contributed by atoms with van der Waals surface area (Å²) in [5.74, 6) is -1.05. The van der Waals surface area contributed by atoms with E-state index in [0.717, 1.165) is 4.90 Å². The molecule has 0 amide bonds. The maximum absolute atomic E-state index is 12.3. The van der Waals surface area contributed by atoms with Gasteiger partial charge in [0.25, 0.3) is 0 Å². The quantitative estimate of drug-likeness (QED) is 0.346. The van der Waals surface area contributed by atoms with Gasteiger partial charge < -0.3 is 4.74 Å². The summed E-state index contributed by atoms with van der Waals surface area (Å²) in [4.78, 5) is 24.5. The molecule has 0 radical (unpaired) electrons. The van der Waals surface area contributed by atoms with Crippen LogP contribution in [0.1, 0.15) is 16.8 Å². The van der Waals surface area contributed by atoms with Crippen LogP contribution in [0.2, 0.25) is 10.0 Å². The summed E-state index contributed by atoms with van der Waals surface area (Å²) >= 11 is 13.3. The lowest BCUT2D eigenvalue weighted by Crippen LogP contribution is -2.27. The van der Waals surface area contributed by atoms with Gasteiger partial charge in [0.05, 0.1) is 16.5 Å². The fourth-order valence-corrected chi connectivity index (χ4v) is 4.76. The van der Waals surface area contributed by atoms with Crippen LogP contribution in [0, 0.1) is 0 Å². The van der Waals surface area contributed by atoms with Crippen LogP contribution in [0.5, 0.6) is 0 Å². The van der Waals surface area contributed by atoms with E-state index in [4.69, 9.17) is 27.9 Å². The van der Waals surface area contributed by atoms with E-state index in [1.54, 1.807) is 36.0 Å². The monoisotopic (exact) mass is 461 g/mol. The molecule has 0 aliphatic heterocycles. The lowest BCUT2D eigenvalue weighted by atomic mass is 10.1. The average molecular weight is 462 g/mol. The summed E-state index contributed by atoms with van der Waals surface area (Å²) in [5, 5.41) is -0.0543.